The first-order chi connectivity index (χ1) is 21.5. The Hall–Kier alpha value is -4.63. The Bertz CT molecular complexity index is 2010. The number of Topliss-reactive ketones (excluding diaryl/α,β-unsaturated/α-hetero) is 3. The molecular weight excluding hydrogens is 624 g/mol. The molecule has 1 fully saturated rings. The zero-order valence-corrected chi connectivity index (χ0v) is 24.6. The zero-order chi connectivity index (χ0) is 32.1. The van der Waals surface area contributed by atoms with Gasteiger partial charge in [0, 0.05) is 16.7 Å². The maximum atomic E-state index is 14.4. The highest BCUT2D eigenvalue weighted by atomic mass is 35.5. The summed E-state index contributed by atoms with van der Waals surface area (Å²) >= 11 is 6.75. The highest BCUT2D eigenvalue weighted by Gasteiger charge is 2.76. The van der Waals surface area contributed by atoms with Crippen molar-refractivity contribution in [1.82, 2.24) is 14.5 Å². The molecule has 3 heterocycles. The Morgan fingerprint density at radius 2 is 1.33 bits per heavy atom. The molecule has 0 spiro atoms. The lowest BCUT2D eigenvalue weighted by molar-refractivity contribution is -0.108. The molecule has 228 valence electrons. The van der Waals surface area contributed by atoms with Gasteiger partial charge in [0.2, 0.25) is 23.1 Å². The van der Waals surface area contributed by atoms with E-state index in [0.29, 0.717) is 15.9 Å². The fraction of sp³-hybridized carbons (Fsp3) is 0.161. The number of thiazole rings is 1. The van der Waals surface area contributed by atoms with E-state index in [0.717, 1.165) is 0 Å². The van der Waals surface area contributed by atoms with Crippen LogP contribution in [-0.4, -0.2) is 70.6 Å². The van der Waals surface area contributed by atoms with Crippen LogP contribution in [0.3, 0.4) is 0 Å². The fourth-order valence-corrected chi connectivity index (χ4v) is 6.62. The molecule has 0 saturated carbocycles. The lowest BCUT2D eigenvalue weighted by Crippen LogP contribution is -2.69. The molecule has 6 rings (SSSR count). The number of ether oxygens (including phenoxy) is 1. The van der Waals surface area contributed by atoms with Gasteiger partial charge in [0.1, 0.15) is 16.9 Å². The minimum absolute atomic E-state index is 0.00346. The predicted octanol–water partition coefficient (Wildman–Crippen LogP) is 2.46. The Kier molecular flexibility index (Phi) is 7.69. The quantitative estimate of drug-likeness (QED) is 0.143. The molecule has 0 bridgehead atoms. The van der Waals surface area contributed by atoms with Gasteiger partial charge >= 0.3 is 4.87 Å². The molecule has 45 heavy (non-hydrogen) atoms. The number of aliphatic hydroxyl groups is 3. The molecule has 1 aliphatic heterocycles. The van der Waals surface area contributed by atoms with Gasteiger partial charge in [-0.15, -0.1) is 0 Å². The lowest BCUT2D eigenvalue weighted by atomic mass is 9.69. The molecule has 1 saturated heterocycles. The number of rotatable bonds is 8. The van der Waals surface area contributed by atoms with Gasteiger partial charge in [-0.25, -0.2) is 0 Å². The van der Waals surface area contributed by atoms with Crippen LogP contribution in [-0.2, 0) is 4.74 Å². The van der Waals surface area contributed by atoms with Crippen LogP contribution < -0.4 is 10.6 Å². The maximum Gasteiger partial charge on any atom is 0.311 e. The molecular formula is C31H23ClN4O8S. The number of nitrogens with zero attached hydrogens (tertiary/aromatic N) is 3. The molecule has 12 nitrogen and oxygen atoms in total. The molecule has 2 aromatic heterocycles. The van der Waals surface area contributed by atoms with Crippen LogP contribution in [0.4, 0.5) is 5.95 Å². The van der Waals surface area contributed by atoms with E-state index in [9.17, 15) is 34.5 Å². The van der Waals surface area contributed by atoms with E-state index < -0.39 is 51.9 Å². The number of benzene rings is 3. The standard InChI is InChI=1S/C31H23ClN4O8S/c32-25-21-26(35-28(33)34-25)36(29(41)45-21)27-31(43,23(40)18-14-8-3-9-15-18)30(42,22(39)17-12-6-2-7-13-17)24(44-27)20(38)19(37)16-10-4-1-5-11-16/h1-15,20,24,27,38,42-43H,(H2,33,34,35)/t20?,24-,27-,30-,31+/m1/s1. The third-order valence-corrected chi connectivity index (χ3v) is 9.01. The molecule has 5 N–H and O–H groups in total. The molecule has 1 aliphatic rings. The van der Waals surface area contributed by atoms with Crippen molar-refractivity contribution in [2.75, 3.05) is 5.73 Å². The number of anilines is 1. The summed E-state index contributed by atoms with van der Waals surface area (Å²) in [6.45, 7) is 0. The van der Waals surface area contributed by atoms with Crippen molar-refractivity contribution in [3.63, 3.8) is 0 Å². The second-order valence-electron chi connectivity index (χ2n) is 10.3. The van der Waals surface area contributed by atoms with Crippen LogP contribution in [0.2, 0.25) is 5.15 Å². The van der Waals surface area contributed by atoms with Crippen LogP contribution in [0.5, 0.6) is 0 Å². The molecule has 14 heteroatoms. The largest absolute Gasteiger partial charge is 0.382 e. The smallest absolute Gasteiger partial charge is 0.311 e. The van der Waals surface area contributed by atoms with Crippen molar-refractivity contribution in [2.24, 2.45) is 0 Å². The Labute approximate surface area is 262 Å². The van der Waals surface area contributed by atoms with E-state index in [1.165, 1.54) is 72.8 Å². The summed E-state index contributed by atoms with van der Waals surface area (Å²) in [6, 6.07) is 21.8. The first kappa shape index (κ1) is 30.4. The first-order valence-electron chi connectivity index (χ1n) is 13.4. The Balaban J connectivity index is 1.65. The van der Waals surface area contributed by atoms with Crippen LogP contribution in [0.15, 0.2) is 95.8 Å². The minimum Gasteiger partial charge on any atom is -0.382 e. The number of hydrogen-bond donors (Lipinski definition) is 4. The average Bonchev–Trinajstić information content (AvgIpc) is 3.51. The van der Waals surface area contributed by atoms with Crippen LogP contribution in [0, 0.1) is 0 Å². The van der Waals surface area contributed by atoms with Gasteiger partial charge in [-0.3, -0.25) is 23.7 Å². The third kappa shape index (κ3) is 4.68. The number of nitrogens with two attached hydrogens (primary N) is 1. The number of nitrogen functional groups attached to an aromatic ring is 1. The van der Waals surface area contributed by atoms with Crippen molar-refractivity contribution in [3.05, 3.63) is 123 Å². The normalized spacial score (nSPS) is 23.6. The van der Waals surface area contributed by atoms with E-state index in [-0.39, 0.29) is 38.1 Å². The fourth-order valence-electron chi connectivity index (χ4n) is 5.52. The molecule has 0 radical (unpaired) electrons. The Morgan fingerprint density at radius 3 is 1.87 bits per heavy atom. The number of ketones is 3. The van der Waals surface area contributed by atoms with Gasteiger partial charge in [0.25, 0.3) is 0 Å². The van der Waals surface area contributed by atoms with Gasteiger partial charge in [-0.05, 0) is 0 Å². The molecule has 5 atom stereocenters. The summed E-state index contributed by atoms with van der Waals surface area (Å²) in [5, 5.41) is 36.5. The molecule has 0 amide bonds. The molecule has 3 aromatic carbocycles. The van der Waals surface area contributed by atoms with E-state index in [4.69, 9.17) is 22.1 Å². The number of carbonyl (C=O) groups excluding carboxylic acids is 3. The lowest BCUT2D eigenvalue weighted by Gasteiger charge is -2.39. The van der Waals surface area contributed by atoms with Crippen LogP contribution >= 0.6 is 22.9 Å². The van der Waals surface area contributed by atoms with Gasteiger partial charge in [-0.2, -0.15) is 9.97 Å². The van der Waals surface area contributed by atoms with Crippen molar-refractivity contribution in [3.8, 4) is 0 Å². The summed E-state index contributed by atoms with van der Waals surface area (Å²) in [5.74, 6) is -3.88. The summed E-state index contributed by atoms with van der Waals surface area (Å²) in [6.07, 6.45) is -6.86. The molecule has 0 aliphatic carbocycles. The minimum atomic E-state index is -3.37. The van der Waals surface area contributed by atoms with Crippen molar-refractivity contribution in [2.45, 2.75) is 29.6 Å². The number of fused-ring (bicyclic) bond motifs is 1. The SMILES string of the molecule is Nc1nc(Cl)c2sc(=O)n([C@@H]3O[C@H](C(O)C(=O)c4ccccc4)[C@](O)(C(=O)c4ccccc4)[C@]3(O)C(=O)c3ccccc3)c2n1. The van der Waals surface area contributed by atoms with E-state index >= 15 is 0 Å². The molecule has 5 aromatic rings. The third-order valence-electron chi connectivity index (χ3n) is 7.68. The second kappa shape index (κ2) is 11.4. The van der Waals surface area contributed by atoms with Gasteiger partial charge in [0.05, 0.1) is 0 Å². The van der Waals surface area contributed by atoms with E-state index in [2.05, 4.69) is 9.97 Å². The topological polar surface area (TPSA) is 195 Å². The van der Waals surface area contributed by atoms with Crippen molar-refractivity contribution >= 4 is 56.6 Å². The average molecular weight is 647 g/mol. The highest BCUT2D eigenvalue weighted by molar-refractivity contribution is 7.17. The summed E-state index contributed by atoms with van der Waals surface area (Å²) < 4.78 is 6.71. The van der Waals surface area contributed by atoms with Crippen LogP contribution in [0.25, 0.3) is 10.3 Å². The first-order valence-corrected chi connectivity index (χ1v) is 14.6. The van der Waals surface area contributed by atoms with Gasteiger partial charge < -0.3 is 25.8 Å². The Morgan fingerprint density at radius 1 is 0.844 bits per heavy atom. The van der Waals surface area contributed by atoms with Gasteiger partial charge in [0.15, 0.2) is 28.4 Å². The highest BCUT2D eigenvalue weighted by Crippen LogP contribution is 2.51. The number of halogens is 1. The van der Waals surface area contributed by atoms with E-state index in [1.807, 2.05) is 0 Å². The zero-order valence-electron chi connectivity index (χ0n) is 23.0. The summed E-state index contributed by atoms with van der Waals surface area (Å²) in [4.78, 5) is 62.8. The number of hydrogen-bond acceptors (Lipinski definition) is 12. The summed E-state index contributed by atoms with van der Waals surface area (Å²) in [5.41, 5.74) is -1.60. The van der Waals surface area contributed by atoms with Gasteiger partial charge in [-0.1, -0.05) is 114 Å². The van der Waals surface area contributed by atoms with E-state index in [1.54, 1.807) is 18.2 Å². The monoisotopic (exact) mass is 646 g/mol. The van der Waals surface area contributed by atoms with Crippen molar-refractivity contribution < 1.29 is 34.4 Å². The number of aliphatic hydroxyl groups excluding tert-OH is 1. The molecule has 1 unspecified atom stereocenters. The second-order valence-corrected chi connectivity index (χ2v) is 11.6. The van der Waals surface area contributed by atoms with Crippen LogP contribution in [0.1, 0.15) is 37.3 Å². The summed E-state index contributed by atoms with van der Waals surface area (Å²) in [7, 11) is 0. The number of aromatic nitrogens is 3. The number of carbonyl (C=O) groups is 3. The predicted molar refractivity (Wildman–Crippen MR) is 163 cm³/mol. The maximum absolute atomic E-state index is 14.4. The van der Waals surface area contributed by atoms with Crippen molar-refractivity contribution in [1.29, 1.82) is 0 Å².